The van der Waals surface area contributed by atoms with Crippen molar-refractivity contribution in [3.8, 4) is 0 Å². The molecule has 24 heavy (non-hydrogen) atoms. The maximum atomic E-state index is 13.4. The van der Waals surface area contributed by atoms with Crippen LogP contribution in [0.25, 0.3) is 0 Å². The molecule has 2 aromatic rings. The number of carbonyl (C=O) groups is 2. The molecule has 0 aliphatic heterocycles. The summed E-state index contributed by atoms with van der Waals surface area (Å²) in [5.41, 5.74) is 0.433. The number of carbonyl (C=O) groups excluding carboxylic acids is 2. The van der Waals surface area contributed by atoms with Crippen LogP contribution in [0.5, 0.6) is 0 Å². The molecule has 0 aliphatic rings. The molecule has 1 amide bonds. The van der Waals surface area contributed by atoms with Gasteiger partial charge in [0.15, 0.2) is 6.61 Å². The molecule has 0 heterocycles. The number of benzene rings is 2. The summed E-state index contributed by atoms with van der Waals surface area (Å²) in [6.45, 7) is -0.234. The molecule has 0 radical (unpaired) electrons. The highest BCUT2D eigenvalue weighted by molar-refractivity contribution is 6.30. The minimum Gasteiger partial charge on any atom is -0.452 e. The van der Waals surface area contributed by atoms with Gasteiger partial charge in [-0.15, -0.1) is 0 Å². The van der Waals surface area contributed by atoms with Crippen molar-refractivity contribution in [2.75, 3.05) is 13.2 Å². The van der Waals surface area contributed by atoms with Crippen LogP contribution in [-0.4, -0.2) is 25.0 Å². The summed E-state index contributed by atoms with van der Waals surface area (Å²) in [6.07, 6.45) is 0.579. The first-order valence-corrected chi connectivity index (χ1v) is 7.47. The molecule has 0 aliphatic carbocycles. The first-order valence-electron chi connectivity index (χ1n) is 7.09. The van der Waals surface area contributed by atoms with Gasteiger partial charge in [-0.2, -0.15) is 0 Å². The van der Waals surface area contributed by atoms with Gasteiger partial charge in [-0.25, -0.2) is 13.6 Å². The molecular weight excluding hydrogens is 340 g/mol. The van der Waals surface area contributed by atoms with Gasteiger partial charge in [-0.05, 0) is 42.3 Å². The van der Waals surface area contributed by atoms with Crippen molar-refractivity contribution in [1.29, 1.82) is 0 Å². The highest BCUT2D eigenvalue weighted by Gasteiger charge is 2.15. The van der Waals surface area contributed by atoms with Crippen molar-refractivity contribution in [3.63, 3.8) is 0 Å². The fourth-order valence-corrected chi connectivity index (χ4v) is 2.04. The lowest BCUT2D eigenvalue weighted by atomic mass is 10.1. The Morgan fingerprint density at radius 3 is 2.50 bits per heavy atom. The van der Waals surface area contributed by atoms with Gasteiger partial charge in [0.05, 0.1) is 5.56 Å². The van der Waals surface area contributed by atoms with Crippen LogP contribution < -0.4 is 5.32 Å². The summed E-state index contributed by atoms with van der Waals surface area (Å²) in [5, 5.41) is 3.19. The fraction of sp³-hybridized carbons (Fsp3) is 0.176. The molecule has 2 aromatic carbocycles. The first kappa shape index (κ1) is 17.9. The van der Waals surface area contributed by atoms with E-state index >= 15 is 0 Å². The fourth-order valence-electron chi connectivity index (χ4n) is 1.91. The van der Waals surface area contributed by atoms with Crippen molar-refractivity contribution in [2.24, 2.45) is 0 Å². The predicted molar refractivity (Wildman–Crippen MR) is 84.8 cm³/mol. The number of esters is 1. The summed E-state index contributed by atoms with van der Waals surface area (Å²) in [4.78, 5) is 23.2. The number of hydrogen-bond donors (Lipinski definition) is 1. The zero-order valence-corrected chi connectivity index (χ0v) is 13.3. The average Bonchev–Trinajstić information content (AvgIpc) is 2.56. The third kappa shape index (κ3) is 5.31. The Hall–Kier alpha value is -2.47. The lowest BCUT2D eigenvalue weighted by Crippen LogP contribution is -2.30. The van der Waals surface area contributed by atoms with E-state index in [0.717, 1.165) is 23.8 Å². The van der Waals surface area contributed by atoms with E-state index in [-0.39, 0.29) is 0 Å². The second-order valence-corrected chi connectivity index (χ2v) is 5.36. The lowest BCUT2D eigenvalue weighted by Gasteiger charge is -2.07. The molecule has 4 nitrogen and oxygen atoms in total. The van der Waals surface area contributed by atoms with Crippen LogP contribution >= 0.6 is 11.6 Å². The molecule has 0 aromatic heterocycles. The maximum Gasteiger partial charge on any atom is 0.341 e. The van der Waals surface area contributed by atoms with Crippen molar-refractivity contribution >= 4 is 23.5 Å². The van der Waals surface area contributed by atoms with E-state index in [1.807, 2.05) is 12.1 Å². The van der Waals surface area contributed by atoms with Crippen LogP contribution in [0.3, 0.4) is 0 Å². The van der Waals surface area contributed by atoms with Gasteiger partial charge in [0.1, 0.15) is 11.6 Å². The summed E-state index contributed by atoms with van der Waals surface area (Å²) in [5.74, 6) is -3.31. The Labute approximate surface area is 142 Å². The molecule has 0 atom stereocenters. The van der Waals surface area contributed by atoms with E-state index in [0.29, 0.717) is 18.0 Å². The number of halogens is 3. The van der Waals surface area contributed by atoms with Crippen molar-refractivity contribution in [2.45, 2.75) is 6.42 Å². The number of nitrogens with one attached hydrogen (secondary N) is 1. The van der Waals surface area contributed by atoms with Crippen LogP contribution in [0.2, 0.25) is 5.02 Å². The Bertz CT molecular complexity index is 735. The predicted octanol–water partition coefficient (Wildman–Crippen LogP) is 3.13. The second-order valence-electron chi connectivity index (χ2n) is 4.93. The zero-order chi connectivity index (χ0) is 17.5. The molecule has 2 rings (SSSR count). The van der Waals surface area contributed by atoms with Crippen LogP contribution in [0.15, 0.2) is 42.5 Å². The lowest BCUT2D eigenvalue weighted by molar-refractivity contribution is -0.124. The molecule has 0 saturated carbocycles. The van der Waals surface area contributed by atoms with Crippen molar-refractivity contribution in [3.05, 3.63) is 70.2 Å². The smallest absolute Gasteiger partial charge is 0.341 e. The van der Waals surface area contributed by atoms with Crippen LogP contribution in [0.1, 0.15) is 15.9 Å². The summed E-state index contributed by atoms with van der Waals surface area (Å²) in [7, 11) is 0. The number of ether oxygens (including phenoxy) is 1. The molecule has 0 spiro atoms. The number of rotatable bonds is 6. The number of hydrogen-bond acceptors (Lipinski definition) is 3. The van der Waals surface area contributed by atoms with Crippen LogP contribution in [0, 0.1) is 11.6 Å². The molecule has 126 valence electrons. The standard InChI is InChI=1S/C17H14ClF2NO3/c18-12-3-1-11(2-4-12)7-8-21-16(22)10-24-17(23)14-9-13(19)5-6-15(14)20/h1-6,9H,7-8,10H2,(H,21,22). The van der Waals surface area contributed by atoms with E-state index in [4.69, 9.17) is 11.6 Å². The van der Waals surface area contributed by atoms with Crippen molar-refractivity contribution < 1.29 is 23.1 Å². The highest BCUT2D eigenvalue weighted by atomic mass is 35.5. The van der Waals surface area contributed by atoms with Crippen LogP contribution in [0.4, 0.5) is 8.78 Å². The van der Waals surface area contributed by atoms with E-state index in [9.17, 15) is 18.4 Å². The zero-order valence-electron chi connectivity index (χ0n) is 12.5. The molecule has 0 saturated heterocycles. The Morgan fingerprint density at radius 2 is 1.79 bits per heavy atom. The van der Waals surface area contributed by atoms with Gasteiger partial charge in [-0.3, -0.25) is 4.79 Å². The monoisotopic (exact) mass is 353 g/mol. The maximum absolute atomic E-state index is 13.4. The summed E-state index contributed by atoms with van der Waals surface area (Å²) < 4.78 is 31.1. The largest absolute Gasteiger partial charge is 0.452 e. The normalized spacial score (nSPS) is 10.3. The average molecular weight is 354 g/mol. The number of amides is 1. The Balaban J connectivity index is 1.75. The third-order valence-electron chi connectivity index (χ3n) is 3.13. The molecule has 0 bridgehead atoms. The highest BCUT2D eigenvalue weighted by Crippen LogP contribution is 2.11. The molecule has 0 fully saturated rings. The van der Waals surface area contributed by atoms with E-state index < -0.39 is 35.7 Å². The third-order valence-corrected chi connectivity index (χ3v) is 3.38. The molecule has 7 heteroatoms. The van der Waals surface area contributed by atoms with Gasteiger partial charge < -0.3 is 10.1 Å². The van der Waals surface area contributed by atoms with Crippen LogP contribution in [-0.2, 0) is 16.0 Å². The second kappa shape index (κ2) is 8.40. The van der Waals surface area contributed by atoms with E-state index in [1.54, 1.807) is 12.1 Å². The minimum absolute atomic E-state index is 0.340. The summed E-state index contributed by atoms with van der Waals surface area (Å²) in [6, 6.07) is 9.58. The minimum atomic E-state index is -1.10. The van der Waals surface area contributed by atoms with E-state index in [2.05, 4.69) is 10.1 Å². The van der Waals surface area contributed by atoms with Gasteiger partial charge in [0, 0.05) is 11.6 Å². The quantitative estimate of drug-likeness (QED) is 0.812. The Morgan fingerprint density at radius 1 is 1.08 bits per heavy atom. The summed E-state index contributed by atoms with van der Waals surface area (Å²) >= 11 is 5.77. The molecule has 0 unspecified atom stereocenters. The van der Waals surface area contributed by atoms with Gasteiger partial charge in [0.2, 0.25) is 0 Å². The van der Waals surface area contributed by atoms with Gasteiger partial charge in [-0.1, -0.05) is 23.7 Å². The first-order chi connectivity index (χ1) is 11.5. The molecule has 1 N–H and O–H groups in total. The SMILES string of the molecule is O=C(COC(=O)c1cc(F)ccc1F)NCCc1ccc(Cl)cc1. The Kier molecular flexibility index (Phi) is 6.26. The van der Waals surface area contributed by atoms with Crippen molar-refractivity contribution in [1.82, 2.24) is 5.32 Å². The van der Waals surface area contributed by atoms with Gasteiger partial charge in [0.25, 0.3) is 5.91 Å². The van der Waals surface area contributed by atoms with E-state index in [1.165, 1.54) is 0 Å². The topological polar surface area (TPSA) is 55.4 Å². The molecular formula is C17H14ClF2NO3. The van der Waals surface area contributed by atoms with Gasteiger partial charge >= 0.3 is 5.97 Å².